The van der Waals surface area contributed by atoms with Crippen molar-refractivity contribution in [2.75, 3.05) is 7.11 Å². The minimum absolute atomic E-state index is 0.0671. The fraction of sp³-hybridized carbons (Fsp3) is 0.0714. The summed E-state index contributed by atoms with van der Waals surface area (Å²) in [5, 5.41) is 26.1. The molecule has 100 valence electrons. The number of para-hydroxylation sites is 1. The van der Waals surface area contributed by atoms with Gasteiger partial charge in [0.2, 0.25) is 0 Å². The van der Waals surface area contributed by atoms with Gasteiger partial charge in [0.15, 0.2) is 0 Å². The predicted molar refractivity (Wildman–Crippen MR) is 69.7 cm³/mol. The van der Waals surface area contributed by atoms with Crippen LogP contribution >= 0.6 is 0 Å². The lowest BCUT2D eigenvalue weighted by molar-refractivity contribution is 0.0693. The Labute approximate surface area is 110 Å². The zero-order valence-corrected chi connectivity index (χ0v) is 10.3. The molecule has 0 unspecified atom stereocenters. The first-order chi connectivity index (χ1) is 9.04. The van der Waals surface area contributed by atoms with Gasteiger partial charge in [-0.05, 0) is 36.4 Å². The molecule has 2 aromatic carbocycles. The van der Waals surface area contributed by atoms with Gasteiger partial charge in [-0.1, -0.05) is 12.1 Å². The maximum Gasteiger partial charge on any atom is 0.339 e. The monoisotopic (exact) mass is 262 g/mol. The molecule has 0 bridgehead atoms. The normalized spacial score (nSPS) is 9.11. The van der Waals surface area contributed by atoms with Crippen LogP contribution in [-0.4, -0.2) is 28.4 Å². The molecule has 19 heavy (non-hydrogen) atoms. The summed E-state index contributed by atoms with van der Waals surface area (Å²) in [7, 11) is 1.59. The van der Waals surface area contributed by atoms with Gasteiger partial charge < -0.3 is 20.1 Å². The molecule has 0 amide bonds. The van der Waals surface area contributed by atoms with Gasteiger partial charge in [0, 0.05) is 0 Å². The first kappa shape index (κ1) is 14.4. The van der Waals surface area contributed by atoms with Crippen LogP contribution in [0.3, 0.4) is 0 Å². The number of benzene rings is 2. The Kier molecular flexibility index (Phi) is 5.22. The topological polar surface area (TPSA) is 87.0 Å². The number of ether oxygens (including phenoxy) is 1. The van der Waals surface area contributed by atoms with Crippen molar-refractivity contribution in [3.63, 3.8) is 0 Å². The van der Waals surface area contributed by atoms with Gasteiger partial charge in [-0.2, -0.15) is 0 Å². The number of carboxylic acids is 1. The summed E-state index contributed by atoms with van der Waals surface area (Å²) in [5.74, 6) is -0.295. The van der Waals surface area contributed by atoms with Gasteiger partial charge in [-0.3, -0.25) is 0 Å². The number of hydrogen-bond donors (Lipinski definition) is 3. The molecule has 2 aromatic rings. The van der Waals surface area contributed by atoms with Crippen molar-refractivity contribution >= 4 is 5.97 Å². The summed E-state index contributed by atoms with van der Waals surface area (Å²) in [6, 6.07) is 12.4. The van der Waals surface area contributed by atoms with E-state index < -0.39 is 5.97 Å². The van der Waals surface area contributed by atoms with Gasteiger partial charge in [-0.25, -0.2) is 4.79 Å². The Hall–Kier alpha value is -2.69. The van der Waals surface area contributed by atoms with E-state index >= 15 is 0 Å². The average Bonchev–Trinajstić information content (AvgIpc) is 2.40. The molecular formula is C14H14O5. The standard InChI is InChI=1S/C7H6O3.C7H8O2/c8-6-4-2-1-3-5(6)7(9)10;1-9-7-4-2-6(8)3-5-7/h1-4,8H,(H,9,10);2-5,8H,1H3. The van der Waals surface area contributed by atoms with E-state index in [4.69, 9.17) is 20.1 Å². The maximum absolute atomic E-state index is 10.3. The Balaban J connectivity index is 0.000000191. The van der Waals surface area contributed by atoms with Crippen molar-refractivity contribution < 1.29 is 24.9 Å². The molecule has 0 saturated heterocycles. The molecule has 0 heterocycles. The molecule has 2 rings (SSSR count). The summed E-state index contributed by atoms with van der Waals surface area (Å²) in [6.07, 6.45) is 0. The summed E-state index contributed by atoms with van der Waals surface area (Å²) in [4.78, 5) is 10.3. The lowest BCUT2D eigenvalue weighted by Crippen LogP contribution is -1.95. The van der Waals surface area contributed by atoms with Crippen molar-refractivity contribution in [1.82, 2.24) is 0 Å². The third kappa shape index (κ3) is 4.59. The van der Waals surface area contributed by atoms with Gasteiger partial charge in [-0.15, -0.1) is 0 Å². The number of hydrogen-bond acceptors (Lipinski definition) is 4. The van der Waals surface area contributed by atoms with E-state index in [0.717, 1.165) is 5.75 Å². The van der Waals surface area contributed by atoms with Gasteiger partial charge >= 0.3 is 5.97 Å². The second-order valence-corrected chi connectivity index (χ2v) is 3.52. The molecule has 0 aliphatic rings. The predicted octanol–water partition coefficient (Wildman–Crippen LogP) is 2.49. The molecule has 0 aliphatic carbocycles. The van der Waals surface area contributed by atoms with Crippen LogP contribution in [0, 0.1) is 0 Å². The maximum atomic E-state index is 10.3. The average molecular weight is 262 g/mol. The Morgan fingerprint density at radius 1 is 1.00 bits per heavy atom. The van der Waals surface area contributed by atoms with Crippen LogP contribution in [0.4, 0.5) is 0 Å². The Morgan fingerprint density at radius 2 is 1.58 bits per heavy atom. The smallest absolute Gasteiger partial charge is 0.339 e. The highest BCUT2D eigenvalue weighted by molar-refractivity contribution is 5.90. The molecule has 0 spiro atoms. The minimum atomic E-state index is -1.11. The second kappa shape index (κ2) is 6.90. The number of carboxylic acid groups (broad SMARTS) is 1. The SMILES string of the molecule is COc1ccc(O)cc1.O=C(O)c1ccccc1O. The van der Waals surface area contributed by atoms with Gasteiger partial charge in [0.25, 0.3) is 0 Å². The number of carbonyl (C=O) groups is 1. The van der Waals surface area contributed by atoms with Gasteiger partial charge in [0.1, 0.15) is 22.8 Å². The molecule has 0 saturated carbocycles. The number of phenolic OH excluding ortho intramolecular Hbond substituents is 1. The van der Waals surface area contributed by atoms with Crippen LogP contribution in [0.2, 0.25) is 0 Å². The summed E-state index contributed by atoms with van der Waals surface area (Å²) in [5.41, 5.74) is -0.0671. The van der Waals surface area contributed by atoms with E-state index in [1.165, 1.54) is 12.1 Å². The Morgan fingerprint density at radius 3 is 2.00 bits per heavy atom. The quantitative estimate of drug-likeness (QED) is 0.774. The molecule has 0 aliphatic heterocycles. The van der Waals surface area contributed by atoms with Crippen LogP contribution < -0.4 is 4.74 Å². The molecule has 3 N–H and O–H groups in total. The molecule has 0 aromatic heterocycles. The van der Waals surface area contributed by atoms with E-state index in [9.17, 15) is 4.79 Å². The van der Waals surface area contributed by atoms with Crippen molar-refractivity contribution in [3.05, 3.63) is 54.1 Å². The molecule has 0 fully saturated rings. The Bertz CT molecular complexity index is 534. The fourth-order valence-electron chi connectivity index (χ4n) is 1.24. The largest absolute Gasteiger partial charge is 0.508 e. The van der Waals surface area contributed by atoms with Crippen LogP contribution in [0.1, 0.15) is 10.4 Å². The van der Waals surface area contributed by atoms with E-state index in [2.05, 4.69) is 0 Å². The van der Waals surface area contributed by atoms with Crippen LogP contribution in [0.15, 0.2) is 48.5 Å². The molecule has 0 radical (unpaired) electrons. The molecular weight excluding hydrogens is 248 g/mol. The first-order valence-electron chi connectivity index (χ1n) is 5.39. The first-order valence-corrected chi connectivity index (χ1v) is 5.39. The molecule has 5 nitrogen and oxygen atoms in total. The highest BCUT2D eigenvalue weighted by Gasteiger charge is 2.05. The van der Waals surface area contributed by atoms with Crippen molar-refractivity contribution in [1.29, 1.82) is 0 Å². The number of methoxy groups -OCH3 is 1. The van der Waals surface area contributed by atoms with Crippen LogP contribution in [0.25, 0.3) is 0 Å². The van der Waals surface area contributed by atoms with Crippen LogP contribution in [0.5, 0.6) is 17.2 Å². The van der Waals surface area contributed by atoms with Crippen molar-refractivity contribution in [2.24, 2.45) is 0 Å². The zero-order chi connectivity index (χ0) is 14.3. The summed E-state index contributed by atoms with van der Waals surface area (Å²) >= 11 is 0. The number of phenols is 2. The third-order valence-corrected chi connectivity index (χ3v) is 2.21. The second-order valence-electron chi connectivity index (χ2n) is 3.52. The van der Waals surface area contributed by atoms with E-state index in [-0.39, 0.29) is 17.1 Å². The summed E-state index contributed by atoms with van der Waals surface area (Å²) in [6.45, 7) is 0. The zero-order valence-electron chi connectivity index (χ0n) is 10.3. The summed E-state index contributed by atoms with van der Waals surface area (Å²) < 4.78 is 4.86. The number of aromatic hydroxyl groups is 2. The van der Waals surface area contributed by atoms with Crippen molar-refractivity contribution in [2.45, 2.75) is 0 Å². The lowest BCUT2D eigenvalue weighted by Gasteiger charge is -1.96. The molecule has 0 atom stereocenters. The van der Waals surface area contributed by atoms with E-state index in [1.807, 2.05) is 0 Å². The highest BCUT2D eigenvalue weighted by Crippen LogP contribution is 2.15. The van der Waals surface area contributed by atoms with E-state index in [1.54, 1.807) is 43.5 Å². The fourth-order valence-corrected chi connectivity index (χ4v) is 1.24. The highest BCUT2D eigenvalue weighted by atomic mass is 16.5. The van der Waals surface area contributed by atoms with Crippen LogP contribution in [-0.2, 0) is 0 Å². The van der Waals surface area contributed by atoms with E-state index in [0.29, 0.717) is 0 Å². The van der Waals surface area contributed by atoms with Gasteiger partial charge in [0.05, 0.1) is 7.11 Å². The third-order valence-electron chi connectivity index (χ3n) is 2.21. The number of rotatable bonds is 2. The lowest BCUT2D eigenvalue weighted by atomic mass is 10.2. The number of aromatic carboxylic acids is 1. The van der Waals surface area contributed by atoms with Crippen molar-refractivity contribution in [3.8, 4) is 17.2 Å². The minimum Gasteiger partial charge on any atom is -0.508 e. The molecule has 5 heteroatoms.